The van der Waals surface area contributed by atoms with Crippen LogP contribution in [-0.4, -0.2) is 17.2 Å². The van der Waals surface area contributed by atoms with Crippen molar-refractivity contribution in [3.8, 4) is 0 Å². The first-order valence-corrected chi connectivity index (χ1v) is 4.35. The van der Waals surface area contributed by atoms with Crippen LogP contribution in [0.5, 0.6) is 0 Å². The number of hydrogen-bond donors (Lipinski definition) is 1. The molecule has 14 heavy (non-hydrogen) atoms. The van der Waals surface area contributed by atoms with Crippen LogP contribution in [0.3, 0.4) is 0 Å². The highest BCUT2D eigenvalue weighted by atomic mass is 16.3. The maximum Gasteiger partial charge on any atom is 0.235 e. The summed E-state index contributed by atoms with van der Waals surface area (Å²) < 4.78 is 0. The minimum absolute atomic E-state index is 0.498. The van der Waals surface area contributed by atoms with Gasteiger partial charge in [-0.25, -0.2) is 4.79 Å². The Hall–Kier alpha value is -1.70. The van der Waals surface area contributed by atoms with E-state index in [0.29, 0.717) is 0 Å². The quantitative estimate of drug-likeness (QED) is 0.534. The second-order valence-electron chi connectivity index (χ2n) is 3.14. The topological polar surface area (TPSA) is 49.7 Å². The van der Waals surface area contributed by atoms with E-state index in [-0.39, 0.29) is 0 Å². The third-order valence-electron chi connectivity index (χ3n) is 2.31. The van der Waals surface area contributed by atoms with Crippen molar-refractivity contribution in [3.05, 3.63) is 41.5 Å². The number of carbonyl (C=O) groups excluding carboxylic acids is 1. The summed E-state index contributed by atoms with van der Waals surface area (Å²) >= 11 is 0. The number of aliphatic hydroxyl groups is 1. The number of nitrogens with zero attached hydrogens (tertiary/aromatic N) is 1. The van der Waals surface area contributed by atoms with E-state index in [1.54, 1.807) is 6.08 Å². The molecule has 2 rings (SSSR count). The van der Waals surface area contributed by atoms with Crippen molar-refractivity contribution in [2.75, 3.05) is 0 Å². The summed E-state index contributed by atoms with van der Waals surface area (Å²) in [7, 11) is 0. The molecule has 0 saturated carbocycles. The molecule has 0 aromatic heterocycles. The standard InChI is InChI=1S/C11H9NO2/c13-7-12-10-6-5-8-3-1-2-4-9(8)11(10)14/h1-6,10-11,14H/t10-,11+/m0/s1. The van der Waals surface area contributed by atoms with E-state index in [2.05, 4.69) is 4.99 Å². The second kappa shape index (κ2) is 3.58. The van der Waals surface area contributed by atoms with Gasteiger partial charge in [0.15, 0.2) is 0 Å². The van der Waals surface area contributed by atoms with Crippen LogP contribution in [0.25, 0.3) is 6.08 Å². The number of benzene rings is 1. The molecular formula is C11H9NO2. The molecule has 0 bridgehead atoms. The Morgan fingerprint density at radius 3 is 2.93 bits per heavy atom. The van der Waals surface area contributed by atoms with Crippen LogP contribution in [0.2, 0.25) is 0 Å². The molecular weight excluding hydrogens is 178 g/mol. The number of aliphatic hydroxyl groups excluding tert-OH is 1. The zero-order valence-corrected chi connectivity index (χ0v) is 7.42. The fourth-order valence-electron chi connectivity index (χ4n) is 1.60. The third-order valence-corrected chi connectivity index (χ3v) is 2.31. The number of rotatable bonds is 1. The molecule has 0 saturated heterocycles. The zero-order chi connectivity index (χ0) is 9.97. The molecule has 0 unspecified atom stereocenters. The van der Waals surface area contributed by atoms with Crippen molar-refractivity contribution in [1.29, 1.82) is 0 Å². The van der Waals surface area contributed by atoms with Crippen LogP contribution < -0.4 is 0 Å². The fraction of sp³-hybridized carbons (Fsp3) is 0.182. The van der Waals surface area contributed by atoms with Crippen LogP contribution in [0.4, 0.5) is 0 Å². The van der Waals surface area contributed by atoms with Gasteiger partial charge < -0.3 is 5.11 Å². The van der Waals surface area contributed by atoms with Crippen molar-refractivity contribution < 1.29 is 9.90 Å². The Bertz CT molecular complexity index is 419. The number of fused-ring (bicyclic) bond motifs is 1. The van der Waals surface area contributed by atoms with Crippen LogP contribution in [0.1, 0.15) is 17.2 Å². The Labute approximate surface area is 81.4 Å². The van der Waals surface area contributed by atoms with Gasteiger partial charge in [-0.15, -0.1) is 0 Å². The summed E-state index contributed by atoms with van der Waals surface area (Å²) in [4.78, 5) is 13.6. The molecule has 1 aromatic carbocycles. The predicted octanol–water partition coefficient (Wildman–Crippen LogP) is 1.45. The van der Waals surface area contributed by atoms with Gasteiger partial charge in [-0.3, -0.25) is 0 Å². The zero-order valence-electron chi connectivity index (χ0n) is 7.42. The monoisotopic (exact) mass is 187 g/mol. The maximum absolute atomic E-state index is 10.1. The summed E-state index contributed by atoms with van der Waals surface area (Å²) in [5.74, 6) is 0. The number of aliphatic imine (C=N–C) groups is 1. The van der Waals surface area contributed by atoms with Crippen molar-refractivity contribution in [3.63, 3.8) is 0 Å². The molecule has 1 aliphatic carbocycles. The van der Waals surface area contributed by atoms with Gasteiger partial charge in [-0.1, -0.05) is 36.4 Å². The lowest BCUT2D eigenvalue weighted by molar-refractivity contribution is 0.162. The first-order valence-electron chi connectivity index (χ1n) is 4.35. The summed E-state index contributed by atoms with van der Waals surface area (Å²) in [5.41, 5.74) is 1.77. The van der Waals surface area contributed by atoms with E-state index in [9.17, 15) is 9.90 Å². The van der Waals surface area contributed by atoms with Crippen molar-refractivity contribution >= 4 is 12.2 Å². The first-order chi connectivity index (χ1) is 6.83. The molecule has 1 aromatic rings. The minimum atomic E-state index is -0.738. The van der Waals surface area contributed by atoms with Crippen LogP contribution >= 0.6 is 0 Å². The van der Waals surface area contributed by atoms with E-state index >= 15 is 0 Å². The predicted molar refractivity (Wildman–Crippen MR) is 52.3 cm³/mol. The van der Waals surface area contributed by atoms with Gasteiger partial charge >= 0.3 is 0 Å². The number of hydrogen-bond acceptors (Lipinski definition) is 3. The normalized spacial score (nSPS) is 23.8. The van der Waals surface area contributed by atoms with E-state index < -0.39 is 12.1 Å². The molecule has 2 atom stereocenters. The third kappa shape index (κ3) is 1.39. The van der Waals surface area contributed by atoms with E-state index in [1.807, 2.05) is 30.3 Å². The van der Waals surface area contributed by atoms with Crippen LogP contribution in [0, 0.1) is 0 Å². The van der Waals surface area contributed by atoms with E-state index in [4.69, 9.17) is 0 Å². The molecule has 1 aliphatic rings. The van der Waals surface area contributed by atoms with Gasteiger partial charge in [0.1, 0.15) is 12.1 Å². The molecule has 0 heterocycles. The lowest BCUT2D eigenvalue weighted by atomic mass is 9.92. The van der Waals surface area contributed by atoms with Gasteiger partial charge in [-0.05, 0) is 11.1 Å². The second-order valence-corrected chi connectivity index (χ2v) is 3.14. The van der Waals surface area contributed by atoms with E-state index in [1.165, 1.54) is 6.08 Å². The number of isocyanates is 1. The highest BCUT2D eigenvalue weighted by molar-refractivity contribution is 5.59. The van der Waals surface area contributed by atoms with E-state index in [0.717, 1.165) is 11.1 Å². The lowest BCUT2D eigenvalue weighted by Crippen LogP contribution is -2.17. The Morgan fingerprint density at radius 1 is 1.36 bits per heavy atom. The van der Waals surface area contributed by atoms with Gasteiger partial charge in [0, 0.05) is 0 Å². The fourth-order valence-corrected chi connectivity index (χ4v) is 1.60. The minimum Gasteiger partial charge on any atom is -0.386 e. The summed E-state index contributed by atoms with van der Waals surface area (Å²) in [6.07, 6.45) is 4.29. The van der Waals surface area contributed by atoms with Gasteiger partial charge in [0.25, 0.3) is 0 Å². The van der Waals surface area contributed by atoms with Crippen molar-refractivity contribution in [1.82, 2.24) is 0 Å². The summed E-state index contributed by atoms with van der Waals surface area (Å²) in [6.45, 7) is 0. The van der Waals surface area contributed by atoms with Crippen LogP contribution in [-0.2, 0) is 4.79 Å². The van der Waals surface area contributed by atoms with Crippen LogP contribution in [0.15, 0.2) is 35.3 Å². The molecule has 70 valence electrons. The Kier molecular flexibility index (Phi) is 2.27. The average molecular weight is 187 g/mol. The largest absolute Gasteiger partial charge is 0.386 e. The first kappa shape index (κ1) is 8.88. The van der Waals surface area contributed by atoms with Gasteiger partial charge in [-0.2, -0.15) is 4.99 Å². The lowest BCUT2D eigenvalue weighted by Gasteiger charge is -2.21. The molecule has 0 aliphatic heterocycles. The highest BCUT2D eigenvalue weighted by Gasteiger charge is 2.22. The molecule has 0 amide bonds. The Morgan fingerprint density at radius 2 is 2.14 bits per heavy atom. The smallest absolute Gasteiger partial charge is 0.235 e. The van der Waals surface area contributed by atoms with Crippen molar-refractivity contribution in [2.45, 2.75) is 12.1 Å². The Balaban J connectivity index is 2.44. The summed E-state index contributed by atoms with van der Waals surface area (Å²) in [5, 5.41) is 9.83. The highest BCUT2D eigenvalue weighted by Crippen LogP contribution is 2.29. The molecule has 3 nitrogen and oxygen atoms in total. The molecule has 0 spiro atoms. The van der Waals surface area contributed by atoms with Crippen molar-refractivity contribution in [2.24, 2.45) is 4.99 Å². The SMILES string of the molecule is O=C=N[C@H]1C=Cc2ccccc2[C@H]1O. The van der Waals surface area contributed by atoms with Gasteiger partial charge in [0.05, 0.1) is 0 Å². The molecule has 1 N–H and O–H groups in total. The maximum atomic E-state index is 10.1. The molecule has 0 radical (unpaired) electrons. The molecule has 0 fully saturated rings. The average Bonchev–Trinajstić information content (AvgIpc) is 2.23. The van der Waals surface area contributed by atoms with Gasteiger partial charge in [0.2, 0.25) is 6.08 Å². The molecule has 3 heteroatoms. The summed E-state index contributed by atoms with van der Waals surface area (Å²) in [6, 6.07) is 7.00.